The molecule has 0 aliphatic carbocycles. The third kappa shape index (κ3) is 3.06. The Kier molecular flexibility index (Phi) is 4.21. The summed E-state index contributed by atoms with van der Waals surface area (Å²) in [6, 6.07) is 0. The van der Waals surface area contributed by atoms with Crippen LogP contribution in [-0.2, 0) is 4.79 Å². The maximum atomic E-state index is 11.6. The Labute approximate surface area is 118 Å². The average Bonchev–Trinajstić information content (AvgIpc) is 2.46. The van der Waals surface area contributed by atoms with Crippen molar-refractivity contribution in [3.63, 3.8) is 0 Å². The van der Waals surface area contributed by atoms with Gasteiger partial charge in [-0.25, -0.2) is 0 Å². The van der Waals surface area contributed by atoms with Crippen molar-refractivity contribution in [3.8, 4) is 0 Å². The number of hydrogen-bond acceptors (Lipinski definition) is 7. The minimum absolute atomic E-state index is 0.0729. The van der Waals surface area contributed by atoms with E-state index in [4.69, 9.17) is 5.73 Å². The van der Waals surface area contributed by atoms with Crippen molar-refractivity contribution in [2.45, 2.75) is 12.8 Å². The molecule has 20 heavy (non-hydrogen) atoms. The number of aromatic nitrogens is 3. The van der Waals surface area contributed by atoms with Gasteiger partial charge in [-0.15, -0.1) is 0 Å². The van der Waals surface area contributed by atoms with Gasteiger partial charge in [-0.05, 0) is 12.8 Å². The number of piperidine rings is 1. The summed E-state index contributed by atoms with van der Waals surface area (Å²) in [6.45, 7) is 1.49. The molecule has 0 atom stereocenters. The van der Waals surface area contributed by atoms with E-state index in [-0.39, 0.29) is 17.8 Å². The highest BCUT2D eigenvalue weighted by atomic mass is 16.1. The van der Waals surface area contributed by atoms with Crippen LogP contribution in [0.25, 0.3) is 0 Å². The highest BCUT2D eigenvalue weighted by molar-refractivity contribution is 5.78. The van der Waals surface area contributed by atoms with Gasteiger partial charge in [0.05, 0.1) is 0 Å². The zero-order valence-electron chi connectivity index (χ0n) is 12.1. The molecule has 0 saturated carbocycles. The van der Waals surface area contributed by atoms with E-state index < -0.39 is 0 Å². The van der Waals surface area contributed by atoms with Crippen LogP contribution < -0.4 is 20.9 Å². The predicted octanol–water partition coefficient (Wildman–Crippen LogP) is -0.518. The topological polar surface area (TPSA) is 100 Å². The van der Waals surface area contributed by atoms with Gasteiger partial charge in [0.1, 0.15) is 0 Å². The zero-order chi connectivity index (χ0) is 14.7. The quantitative estimate of drug-likeness (QED) is 0.768. The molecule has 8 nitrogen and oxygen atoms in total. The van der Waals surface area contributed by atoms with Crippen molar-refractivity contribution in [2.75, 3.05) is 49.8 Å². The largest absolute Gasteiger partial charge is 0.368 e. The van der Waals surface area contributed by atoms with Gasteiger partial charge in [0.15, 0.2) is 0 Å². The second-order valence-corrected chi connectivity index (χ2v) is 5.06. The molecular weight excluding hydrogens is 258 g/mol. The van der Waals surface area contributed by atoms with E-state index in [2.05, 4.69) is 20.3 Å². The fourth-order valence-electron chi connectivity index (χ4n) is 2.26. The zero-order valence-corrected chi connectivity index (χ0v) is 12.1. The summed E-state index contributed by atoms with van der Waals surface area (Å²) in [5.74, 6) is 1.52. The van der Waals surface area contributed by atoms with Gasteiger partial charge in [-0.1, -0.05) is 0 Å². The number of anilines is 3. The molecular formula is C12H21N7O. The third-order valence-electron chi connectivity index (χ3n) is 3.42. The van der Waals surface area contributed by atoms with Crippen LogP contribution in [0.4, 0.5) is 17.8 Å². The highest BCUT2D eigenvalue weighted by Gasteiger charge is 2.26. The van der Waals surface area contributed by atoms with Crippen molar-refractivity contribution in [2.24, 2.45) is 5.92 Å². The van der Waals surface area contributed by atoms with Gasteiger partial charge in [0.2, 0.25) is 23.8 Å². The fourth-order valence-corrected chi connectivity index (χ4v) is 2.26. The van der Waals surface area contributed by atoms with E-state index in [0.29, 0.717) is 11.9 Å². The second-order valence-electron chi connectivity index (χ2n) is 5.06. The molecule has 3 N–H and O–H groups in total. The minimum Gasteiger partial charge on any atom is -0.368 e. The number of nitrogen functional groups attached to an aromatic ring is 1. The Morgan fingerprint density at radius 3 is 2.50 bits per heavy atom. The molecule has 1 aromatic rings. The summed E-state index contributed by atoms with van der Waals surface area (Å²) in [6.07, 6.45) is 1.59. The Balaban J connectivity index is 2.09. The van der Waals surface area contributed by atoms with E-state index in [1.165, 1.54) is 0 Å². The van der Waals surface area contributed by atoms with Crippen LogP contribution in [0.5, 0.6) is 0 Å². The van der Waals surface area contributed by atoms with Crippen LogP contribution in [0.15, 0.2) is 0 Å². The van der Waals surface area contributed by atoms with E-state index >= 15 is 0 Å². The fraction of sp³-hybridized carbons (Fsp3) is 0.667. The van der Waals surface area contributed by atoms with E-state index in [9.17, 15) is 4.79 Å². The molecule has 0 radical (unpaired) electrons. The van der Waals surface area contributed by atoms with Crippen molar-refractivity contribution < 1.29 is 4.79 Å². The van der Waals surface area contributed by atoms with Crippen LogP contribution in [0.3, 0.4) is 0 Å². The standard InChI is InChI=1S/C12H21N7O/c1-14-9(20)8-4-6-19(7-5-8)12-16-10(13)15-11(17-12)18(2)3/h8H,4-7H2,1-3H3,(H,14,20)(H2,13,15,16,17). The highest BCUT2D eigenvalue weighted by Crippen LogP contribution is 2.22. The lowest BCUT2D eigenvalue weighted by Crippen LogP contribution is -2.40. The molecule has 8 heteroatoms. The van der Waals surface area contributed by atoms with Crippen LogP contribution >= 0.6 is 0 Å². The average molecular weight is 279 g/mol. The number of carbonyl (C=O) groups is 1. The van der Waals surface area contributed by atoms with Gasteiger partial charge in [-0.2, -0.15) is 15.0 Å². The SMILES string of the molecule is CNC(=O)C1CCN(c2nc(N)nc(N(C)C)n2)CC1. The molecule has 0 spiro atoms. The van der Waals surface area contributed by atoms with Gasteiger partial charge in [0.25, 0.3) is 0 Å². The molecule has 1 aromatic heterocycles. The third-order valence-corrected chi connectivity index (χ3v) is 3.42. The van der Waals surface area contributed by atoms with Gasteiger partial charge in [-0.3, -0.25) is 4.79 Å². The summed E-state index contributed by atoms with van der Waals surface area (Å²) in [7, 11) is 5.39. The van der Waals surface area contributed by atoms with E-state index in [1.807, 2.05) is 19.0 Å². The number of amides is 1. The number of hydrogen-bond donors (Lipinski definition) is 2. The van der Waals surface area contributed by atoms with Crippen LogP contribution in [0.1, 0.15) is 12.8 Å². The van der Waals surface area contributed by atoms with Crippen molar-refractivity contribution >= 4 is 23.8 Å². The Morgan fingerprint density at radius 2 is 1.95 bits per heavy atom. The number of nitrogens with one attached hydrogen (secondary N) is 1. The summed E-state index contributed by atoms with van der Waals surface area (Å²) in [5, 5.41) is 2.70. The first-order chi connectivity index (χ1) is 9.51. The second kappa shape index (κ2) is 5.89. The molecule has 2 rings (SSSR count). The molecule has 2 heterocycles. The van der Waals surface area contributed by atoms with Crippen LogP contribution in [-0.4, -0.2) is 55.1 Å². The summed E-state index contributed by atoms with van der Waals surface area (Å²) in [5.41, 5.74) is 5.72. The van der Waals surface area contributed by atoms with E-state index in [0.717, 1.165) is 25.9 Å². The number of rotatable bonds is 3. The van der Waals surface area contributed by atoms with E-state index in [1.54, 1.807) is 11.9 Å². The summed E-state index contributed by atoms with van der Waals surface area (Å²) >= 11 is 0. The molecule has 1 saturated heterocycles. The maximum absolute atomic E-state index is 11.6. The monoisotopic (exact) mass is 279 g/mol. The number of carbonyl (C=O) groups excluding carboxylic acids is 1. The lowest BCUT2D eigenvalue weighted by atomic mass is 9.96. The molecule has 1 fully saturated rings. The first-order valence-corrected chi connectivity index (χ1v) is 6.66. The normalized spacial score (nSPS) is 16.1. The molecule has 110 valence electrons. The van der Waals surface area contributed by atoms with Gasteiger partial charge >= 0.3 is 0 Å². The van der Waals surface area contributed by atoms with Crippen molar-refractivity contribution in [1.29, 1.82) is 0 Å². The summed E-state index contributed by atoms with van der Waals surface area (Å²) in [4.78, 5) is 28.1. The Morgan fingerprint density at radius 1 is 1.30 bits per heavy atom. The molecule has 0 aromatic carbocycles. The van der Waals surface area contributed by atoms with Gasteiger partial charge < -0.3 is 20.9 Å². The first-order valence-electron chi connectivity index (χ1n) is 6.66. The lowest BCUT2D eigenvalue weighted by Gasteiger charge is -2.31. The molecule has 1 aliphatic rings. The minimum atomic E-state index is 0.0729. The van der Waals surface area contributed by atoms with Crippen LogP contribution in [0.2, 0.25) is 0 Å². The Hall–Kier alpha value is -2.12. The smallest absolute Gasteiger partial charge is 0.231 e. The molecule has 0 bridgehead atoms. The number of nitrogens with zero attached hydrogens (tertiary/aromatic N) is 5. The lowest BCUT2D eigenvalue weighted by molar-refractivity contribution is -0.125. The molecule has 1 amide bonds. The van der Waals surface area contributed by atoms with Crippen molar-refractivity contribution in [3.05, 3.63) is 0 Å². The van der Waals surface area contributed by atoms with Gasteiger partial charge in [0, 0.05) is 40.2 Å². The maximum Gasteiger partial charge on any atom is 0.231 e. The Bertz CT molecular complexity index is 483. The van der Waals surface area contributed by atoms with Crippen LogP contribution in [0, 0.1) is 5.92 Å². The van der Waals surface area contributed by atoms with Crippen molar-refractivity contribution in [1.82, 2.24) is 20.3 Å². The molecule has 0 unspecified atom stereocenters. The number of nitrogens with two attached hydrogens (primary N) is 1. The predicted molar refractivity (Wildman–Crippen MR) is 77.6 cm³/mol. The molecule has 1 aliphatic heterocycles. The first kappa shape index (κ1) is 14.3. The summed E-state index contributed by atoms with van der Waals surface area (Å²) < 4.78 is 0.